The molecule has 0 aliphatic carbocycles. The second-order valence-electron chi connectivity index (χ2n) is 5.20. The maximum Gasteiger partial charge on any atom is 0.273 e. The first kappa shape index (κ1) is 16.6. The van der Waals surface area contributed by atoms with E-state index in [2.05, 4.69) is 15.3 Å². The zero-order valence-electron chi connectivity index (χ0n) is 13.3. The molecule has 2 aromatic heterocycles. The van der Waals surface area contributed by atoms with Crippen LogP contribution in [-0.4, -0.2) is 22.4 Å². The van der Waals surface area contributed by atoms with Crippen LogP contribution in [0.4, 0.5) is 4.39 Å². The Labute approximate surface area is 143 Å². The van der Waals surface area contributed by atoms with E-state index in [0.29, 0.717) is 18.7 Å². The number of aromatic nitrogens is 2. The molecule has 3 rings (SSSR count). The number of benzene rings is 1. The number of carbonyl (C=O) groups excluding carboxylic acids is 1. The Morgan fingerprint density at radius 2 is 2.04 bits per heavy atom. The summed E-state index contributed by atoms with van der Waals surface area (Å²) in [5.74, 6) is 0.0843. The molecule has 0 saturated heterocycles. The molecular formula is C18H16FN3O3. The molecule has 0 radical (unpaired) electrons. The molecule has 0 atom stereocenters. The standard InChI is InChI=1S/C18H16FN3O3/c19-13-4-6-15(7-5-13)24-12-17-22-16(11-25-17)18(23)21-10-8-14-3-1-2-9-20-14/h1-7,9,11H,8,10,12H2,(H,21,23). The molecule has 3 aromatic rings. The summed E-state index contributed by atoms with van der Waals surface area (Å²) in [5, 5.41) is 2.76. The van der Waals surface area contributed by atoms with Crippen LogP contribution in [0, 0.1) is 5.82 Å². The van der Waals surface area contributed by atoms with Gasteiger partial charge in [0.15, 0.2) is 12.3 Å². The van der Waals surface area contributed by atoms with E-state index >= 15 is 0 Å². The first-order valence-electron chi connectivity index (χ1n) is 7.71. The van der Waals surface area contributed by atoms with Crippen LogP contribution in [0.5, 0.6) is 5.75 Å². The number of carbonyl (C=O) groups is 1. The topological polar surface area (TPSA) is 77.2 Å². The third kappa shape index (κ3) is 4.87. The van der Waals surface area contributed by atoms with Crippen molar-refractivity contribution in [3.63, 3.8) is 0 Å². The van der Waals surface area contributed by atoms with Gasteiger partial charge in [0.25, 0.3) is 5.91 Å². The second-order valence-corrected chi connectivity index (χ2v) is 5.20. The average molecular weight is 341 g/mol. The fourth-order valence-electron chi connectivity index (χ4n) is 2.10. The highest BCUT2D eigenvalue weighted by Crippen LogP contribution is 2.13. The van der Waals surface area contributed by atoms with Crippen molar-refractivity contribution >= 4 is 5.91 Å². The van der Waals surface area contributed by atoms with Crippen molar-refractivity contribution in [1.82, 2.24) is 15.3 Å². The lowest BCUT2D eigenvalue weighted by atomic mass is 10.2. The van der Waals surface area contributed by atoms with Crippen molar-refractivity contribution in [2.45, 2.75) is 13.0 Å². The maximum absolute atomic E-state index is 12.8. The molecule has 0 bridgehead atoms. The van der Waals surface area contributed by atoms with E-state index in [1.54, 1.807) is 6.20 Å². The van der Waals surface area contributed by atoms with Crippen LogP contribution in [0.3, 0.4) is 0 Å². The first-order chi connectivity index (χ1) is 12.2. The molecule has 1 aromatic carbocycles. The quantitative estimate of drug-likeness (QED) is 0.715. The van der Waals surface area contributed by atoms with Gasteiger partial charge in [-0.1, -0.05) is 6.07 Å². The normalized spacial score (nSPS) is 10.4. The van der Waals surface area contributed by atoms with Gasteiger partial charge in [0, 0.05) is 24.9 Å². The zero-order valence-corrected chi connectivity index (χ0v) is 13.3. The fraction of sp³-hybridized carbons (Fsp3) is 0.167. The molecule has 0 spiro atoms. The van der Waals surface area contributed by atoms with Gasteiger partial charge in [-0.15, -0.1) is 0 Å². The van der Waals surface area contributed by atoms with Crippen LogP contribution in [0.25, 0.3) is 0 Å². The van der Waals surface area contributed by atoms with Crippen LogP contribution in [0.2, 0.25) is 0 Å². The molecule has 1 amide bonds. The number of ether oxygens (including phenoxy) is 1. The molecule has 0 saturated carbocycles. The lowest BCUT2D eigenvalue weighted by molar-refractivity contribution is 0.0949. The summed E-state index contributed by atoms with van der Waals surface area (Å²) in [4.78, 5) is 20.3. The molecule has 25 heavy (non-hydrogen) atoms. The van der Waals surface area contributed by atoms with Gasteiger partial charge in [0.1, 0.15) is 17.8 Å². The summed E-state index contributed by atoms with van der Waals surface area (Å²) in [6.45, 7) is 0.497. The second kappa shape index (κ2) is 8.05. The molecule has 0 aliphatic rings. The molecule has 0 aliphatic heterocycles. The van der Waals surface area contributed by atoms with Gasteiger partial charge < -0.3 is 14.5 Å². The van der Waals surface area contributed by atoms with E-state index in [1.807, 2.05) is 18.2 Å². The summed E-state index contributed by atoms with van der Waals surface area (Å²) in [6, 6.07) is 11.2. The van der Waals surface area contributed by atoms with Gasteiger partial charge in [-0.2, -0.15) is 0 Å². The van der Waals surface area contributed by atoms with Crippen LogP contribution >= 0.6 is 0 Å². The molecule has 7 heteroatoms. The van der Waals surface area contributed by atoms with Gasteiger partial charge in [-0.05, 0) is 36.4 Å². The number of pyridine rings is 1. The molecule has 6 nitrogen and oxygen atoms in total. The van der Waals surface area contributed by atoms with Gasteiger partial charge in [0.2, 0.25) is 5.89 Å². The molecule has 0 fully saturated rings. The highest BCUT2D eigenvalue weighted by molar-refractivity contribution is 5.91. The van der Waals surface area contributed by atoms with Crippen LogP contribution in [-0.2, 0) is 13.0 Å². The number of rotatable bonds is 7. The minimum Gasteiger partial charge on any atom is -0.484 e. The van der Waals surface area contributed by atoms with E-state index < -0.39 is 0 Å². The van der Waals surface area contributed by atoms with Crippen LogP contribution in [0.1, 0.15) is 22.1 Å². The predicted molar refractivity (Wildman–Crippen MR) is 87.5 cm³/mol. The van der Waals surface area contributed by atoms with E-state index in [0.717, 1.165) is 5.69 Å². The minimum absolute atomic E-state index is 0.0485. The third-order valence-corrected chi connectivity index (χ3v) is 3.35. The SMILES string of the molecule is O=C(NCCc1ccccn1)c1coc(COc2ccc(F)cc2)n1. The highest BCUT2D eigenvalue weighted by Gasteiger charge is 2.12. The first-order valence-corrected chi connectivity index (χ1v) is 7.71. The van der Waals surface area contributed by atoms with E-state index in [1.165, 1.54) is 30.5 Å². The Bertz CT molecular complexity index is 819. The van der Waals surface area contributed by atoms with Crippen molar-refractivity contribution < 1.29 is 18.3 Å². The van der Waals surface area contributed by atoms with Crippen molar-refractivity contribution in [3.05, 3.63) is 78.0 Å². The summed E-state index contributed by atoms with van der Waals surface area (Å²) >= 11 is 0. The minimum atomic E-state index is -0.340. The molecule has 0 unspecified atom stereocenters. The van der Waals surface area contributed by atoms with Gasteiger partial charge in [0.05, 0.1) is 0 Å². The Morgan fingerprint density at radius 1 is 1.20 bits per heavy atom. The maximum atomic E-state index is 12.8. The van der Waals surface area contributed by atoms with Gasteiger partial charge in [-0.25, -0.2) is 9.37 Å². The summed E-state index contributed by atoms with van der Waals surface area (Å²) < 4.78 is 23.4. The lowest BCUT2D eigenvalue weighted by Gasteiger charge is -2.03. The molecule has 2 heterocycles. The molecule has 128 valence electrons. The number of nitrogens with one attached hydrogen (secondary N) is 1. The highest BCUT2D eigenvalue weighted by atomic mass is 19.1. The Morgan fingerprint density at radius 3 is 2.80 bits per heavy atom. The van der Waals surface area contributed by atoms with E-state index in [-0.39, 0.29) is 29.9 Å². The monoisotopic (exact) mass is 341 g/mol. The van der Waals surface area contributed by atoms with Crippen molar-refractivity contribution in [1.29, 1.82) is 0 Å². The zero-order chi connectivity index (χ0) is 17.5. The molecule has 1 N–H and O–H groups in total. The van der Waals surface area contributed by atoms with Crippen molar-refractivity contribution in [2.24, 2.45) is 0 Å². The summed E-state index contributed by atoms with van der Waals surface area (Å²) in [6.07, 6.45) is 3.62. The summed E-state index contributed by atoms with van der Waals surface area (Å²) in [5.41, 5.74) is 1.08. The van der Waals surface area contributed by atoms with Crippen LogP contribution < -0.4 is 10.1 Å². The largest absolute Gasteiger partial charge is 0.484 e. The van der Waals surface area contributed by atoms with Gasteiger partial charge >= 0.3 is 0 Å². The number of nitrogens with zero attached hydrogens (tertiary/aromatic N) is 2. The average Bonchev–Trinajstić information content (AvgIpc) is 3.11. The van der Waals surface area contributed by atoms with E-state index in [4.69, 9.17) is 9.15 Å². The lowest BCUT2D eigenvalue weighted by Crippen LogP contribution is -2.26. The number of oxazole rings is 1. The predicted octanol–water partition coefficient (Wildman–Crippen LogP) is 2.76. The van der Waals surface area contributed by atoms with Crippen molar-refractivity contribution in [3.8, 4) is 5.75 Å². The Kier molecular flexibility index (Phi) is 5.36. The number of hydrogen-bond donors (Lipinski definition) is 1. The number of amides is 1. The number of halogens is 1. The fourth-order valence-corrected chi connectivity index (χ4v) is 2.10. The van der Waals surface area contributed by atoms with Crippen LogP contribution in [0.15, 0.2) is 59.3 Å². The Balaban J connectivity index is 1.47. The van der Waals surface area contributed by atoms with Crippen molar-refractivity contribution in [2.75, 3.05) is 6.54 Å². The summed E-state index contributed by atoms with van der Waals surface area (Å²) in [7, 11) is 0. The molecular weight excluding hydrogens is 325 g/mol. The Hall–Kier alpha value is -3.22. The van der Waals surface area contributed by atoms with E-state index in [9.17, 15) is 9.18 Å². The smallest absolute Gasteiger partial charge is 0.273 e. The third-order valence-electron chi connectivity index (χ3n) is 3.35. The number of hydrogen-bond acceptors (Lipinski definition) is 5. The van der Waals surface area contributed by atoms with Gasteiger partial charge in [-0.3, -0.25) is 9.78 Å².